The van der Waals surface area contributed by atoms with Gasteiger partial charge in [-0.05, 0) is 42.2 Å². The molecule has 1 saturated heterocycles. The first kappa shape index (κ1) is 19.1. The molecule has 1 aliphatic heterocycles. The Hall–Kier alpha value is -2.70. The van der Waals surface area contributed by atoms with Crippen molar-refractivity contribution in [2.45, 2.75) is 13.0 Å². The molecule has 1 atom stereocenters. The van der Waals surface area contributed by atoms with E-state index in [4.69, 9.17) is 0 Å². The van der Waals surface area contributed by atoms with E-state index in [0.717, 1.165) is 31.1 Å². The maximum atomic E-state index is 13.4. The molecule has 1 fully saturated rings. The van der Waals surface area contributed by atoms with Gasteiger partial charge in [-0.15, -0.1) is 0 Å². The molecule has 1 heterocycles. The van der Waals surface area contributed by atoms with Gasteiger partial charge in [-0.3, -0.25) is 4.99 Å². The smallest absolute Gasteiger partial charge is 0.191 e. The summed E-state index contributed by atoms with van der Waals surface area (Å²) in [6.07, 6.45) is 0.951. The van der Waals surface area contributed by atoms with Crippen molar-refractivity contribution in [3.8, 4) is 0 Å². The van der Waals surface area contributed by atoms with Crippen molar-refractivity contribution in [2.24, 2.45) is 10.9 Å². The molecular weight excluding hydrogens is 353 g/mol. The molecule has 2 aromatic carbocycles. The quantitative estimate of drug-likeness (QED) is 0.621. The van der Waals surface area contributed by atoms with E-state index in [1.165, 1.54) is 18.2 Å². The van der Waals surface area contributed by atoms with Gasteiger partial charge in [0.1, 0.15) is 5.82 Å². The zero-order valence-electron chi connectivity index (χ0n) is 15.2. The molecule has 0 saturated carbocycles. The highest BCUT2D eigenvalue weighted by Gasteiger charge is 2.23. The Morgan fingerprint density at radius 2 is 1.96 bits per heavy atom. The number of nitrogens with one attached hydrogen (secondary N) is 2. The van der Waals surface area contributed by atoms with E-state index < -0.39 is 11.6 Å². The molecule has 4 nitrogen and oxygen atoms in total. The van der Waals surface area contributed by atoms with Gasteiger partial charge in [0.25, 0.3) is 0 Å². The van der Waals surface area contributed by atoms with E-state index in [1.807, 2.05) is 6.07 Å². The summed E-state index contributed by atoms with van der Waals surface area (Å²) in [4.78, 5) is 6.23. The summed E-state index contributed by atoms with van der Waals surface area (Å²) < 4.78 is 39.7. The van der Waals surface area contributed by atoms with Crippen LogP contribution in [0.4, 0.5) is 18.9 Å². The number of anilines is 1. The first-order chi connectivity index (χ1) is 13.0. The van der Waals surface area contributed by atoms with E-state index in [9.17, 15) is 13.2 Å². The van der Waals surface area contributed by atoms with Crippen molar-refractivity contribution in [1.29, 1.82) is 0 Å². The van der Waals surface area contributed by atoms with Crippen LogP contribution in [0.15, 0.2) is 47.5 Å². The maximum Gasteiger partial charge on any atom is 0.191 e. The Bertz CT molecular complexity index is 810. The monoisotopic (exact) mass is 376 g/mol. The lowest BCUT2D eigenvalue weighted by molar-refractivity contribution is 0.508. The second-order valence-corrected chi connectivity index (χ2v) is 6.64. The Morgan fingerprint density at radius 1 is 1.11 bits per heavy atom. The van der Waals surface area contributed by atoms with Gasteiger partial charge in [0, 0.05) is 45.0 Å². The van der Waals surface area contributed by atoms with Gasteiger partial charge in [-0.2, -0.15) is 0 Å². The molecule has 144 valence electrons. The zero-order valence-corrected chi connectivity index (χ0v) is 15.2. The zero-order chi connectivity index (χ0) is 19.2. The summed E-state index contributed by atoms with van der Waals surface area (Å²) in [5.74, 6) is -0.905. The lowest BCUT2D eigenvalue weighted by Crippen LogP contribution is -2.40. The van der Waals surface area contributed by atoms with E-state index in [0.29, 0.717) is 30.7 Å². The molecule has 2 aromatic rings. The van der Waals surface area contributed by atoms with Crippen molar-refractivity contribution < 1.29 is 13.2 Å². The standard InChI is InChI=1S/C20H23F3N4/c1-24-20(25-11-14-3-2-4-16(21)9-14)26-12-15-7-8-27(13-15)17-5-6-18(22)19(23)10-17/h2-6,9-10,15H,7-8,11-13H2,1H3,(H2,24,25,26). The van der Waals surface area contributed by atoms with Crippen molar-refractivity contribution in [3.05, 3.63) is 65.5 Å². The normalized spacial score (nSPS) is 17.3. The van der Waals surface area contributed by atoms with Gasteiger partial charge in [-0.1, -0.05) is 12.1 Å². The van der Waals surface area contributed by atoms with Gasteiger partial charge in [0.05, 0.1) is 0 Å². The molecule has 27 heavy (non-hydrogen) atoms. The highest BCUT2D eigenvalue weighted by Crippen LogP contribution is 2.24. The summed E-state index contributed by atoms with van der Waals surface area (Å²) in [7, 11) is 1.68. The van der Waals surface area contributed by atoms with Gasteiger partial charge in [-0.25, -0.2) is 13.2 Å². The van der Waals surface area contributed by atoms with Gasteiger partial charge in [0.2, 0.25) is 0 Å². The minimum atomic E-state index is -0.829. The number of aliphatic imine (C=N–C) groups is 1. The molecule has 0 bridgehead atoms. The third-order valence-corrected chi connectivity index (χ3v) is 4.68. The van der Waals surface area contributed by atoms with Gasteiger partial charge >= 0.3 is 0 Å². The first-order valence-electron chi connectivity index (χ1n) is 8.94. The second-order valence-electron chi connectivity index (χ2n) is 6.64. The van der Waals surface area contributed by atoms with E-state index in [1.54, 1.807) is 19.2 Å². The summed E-state index contributed by atoms with van der Waals surface area (Å²) in [6, 6.07) is 10.4. The Morgan fingerprint density at radius 3 is 2.70 bits per heavy atom. The average molecular weight is 376 g/mol. The third kappa shape index (κ3) is 5.15. The number of nitrogens with zero attached hydrogens (tertiary/aromatic N) is 2. The van der Waals surface area contributed by atoms with Crippen LogP contribution in [0.5, 0.6) is 0 Å². The molecule has 0 radical (unpaired) electrons. The van der Waals surface area contributed by atoms with Crippen molar-refractivity contribution in [3.63, 3.8) is 0 Å². The van der Waals surface area contributed by atoms with Gasteiger partial charge < -0.3 is 15.5 Å². The topological polar surface area (TPSA) is 39.7 Å². The minimum absolute atomic E-state index is 0.263. The third-order valence-electron chi connectivity index (χ3n) is 4.68. The molecular formula is C20H23F3N4. The lowest BCUT2D eigenvalue weighted by atomic mass is 10.1. The van der Waals surface area contributed by atoms with Crippen LogP contribution in [-0.4, -0.2) is 32.6 Å². The molecule has 0 spiro atoms. The van der Waals surface area contributed by atoms with Crippen LogP contribution in [0, 0.1) is 23.4 Å². The number of guanidine groups is 1. The Balaban J connectivity index is 1.47. The predicted octanol–water partition coefficient (Wildman–Crippen LogP) is 3.30. The van der Waals surface area contributed by atoms with Crippen LogP contribution in [0.25, 0.3) is 0 Å². The van der Waals surface area contributed by atoms with Gasteiger partial charge in [0.15, 0.2) is 17.6 Å². The Labute approximate surface area is 157 Å². The van der Waals surface area contributed by atoms with Crippen LogP contribution in [0.2, 0.25) is 0 Å². The average Bonchev–Trinajstić information content (AvgIpc) is 3.13. The molecule has 2 N–H and O–H groups in total. The molecule has 3 rings (SSSR count). The van der Waals surface area contributed by atoms with Crippen LogP contribution in [-0.2, 0) is 6.54 Å². The largest absolute Gasteiger partial charge is 0.371 e. The van der Waals surface area contributed by atoms with Crippen LogP contribution in [0.3, 0.4) is 0 Å². The molecule has 0 aliphatic carbocycles. The Kier molecular flexibility index (Phi) is 6.21. The highest BCUT2D eigenvalue weighted by molar-refractivity contribution is 5.79. The minimum Gasteiger partial charge on any atom is -0.371 e. The fraction of sp³-hybridized carbons (Fsp3) is 0.350. The highest BCUT2D eigenvalue weighted by atomic mass is 19.2. The van der Waals surface area contributed by atoms with E-state index in [2.05, 4.69) is 20.5 Å². The predicted molar refractivity (Wildman–Crippen MR) is 101 cm³/mol. The molecule has 0 amide bonds. The number of rotatable bonds is 5. The van der Waals surface area contributed by atoms with Crippen molar-refractivity contribution in [2.75, 3.05) is 31.6 Å². The van der Waals surface area contributed by atoms with Crippen molar-refractivity contribution >= 4 is 11.6 Å². The SMILES string of the molecule is CN=C(NCc1cccc(F)c1)NCC1CCN(c2ccc(F)c(F)c2)C1. The molecule has 0 aromatic heterocycles. The maximum absolute atomic E-state index is 13.4. The summed E-state index contributed by atoms with van der Waals surface area (Å²) >= 11 is 0. The van der Waals surface area contributed by atoms with E-state index in [-0.39, 0.29) is 5.82 Å². The number of halogens is 3. The fourth-order valence-electron chi connectivity index (χ4n) is 3.21. The molecule has 1 aliphatic rings. The fourth-order valence-corrected chi connectivity index (χ4v) is 3.21. The van der Waals surface area contributed by atoms with Crippen LogP contribution in [0.1, 0.15) is 12.0 Å². The number of benzene rings is 2. The molecule has 1 unspecified atom stereocenters. The number of hydrogen-bond donors (Lipinski definition) is 2. The first-order valence-corrected chi connectivity index (χ1v) is 8.94. The van der Waals surface area contributed by atoms with Crippen molar-refractivity contribution in [1.82, 2.24) is 10.6 Å². The van der Waals surface area contributed by atoms with Crippen LogP contribution < -0.4 is 15.5 Å². The van der Waals surface area contributed by atoms with E-state index >= 15 is 0 Å². The van der Waals surface area contributed by atoms with Crippen LogP contribution >= 0.6 is 0 Å². The summed E-state index contributed by atoms with van der Waals surface area (Å²) in [5.41, 5.74) is 1.54. The lowest BCUT2D eigenvalue weighted by Gasteiger charge is -2.19. The molecule has 7 heteroatoms. The number of hydrogen-bond acceptors (Lipinski definition) is 2. The second kappa shape index (κ2) is 8.79. The summed E-state index contributed by atoms with van der Waals surface area (Å²) in [5, 5.41) is 6.43. The summed E-state index contributed by atoms with van der Waals surface area (Å²) in [6.45, 7) is 2.75.